The minimum Gasteiger partial charge on any atom is -0.456 e. The predicted octanol–water partition coefficient (Wildman–Crippen LogP) is 16.5. The molecule has 60 heavy (non-hydrogen) atoms. The summed E-state index contributed by atoms with van der Waals surface area (Å²) < 4.78 is 19.5. The van der Waals surface area contributed by atoms with Crippen LogP contribution in [0.15, 0.2) is 213 Å². The second-order valence-corrected chi connectivity index (χ2v) is 15.6. The third-order valence-corrected chi connectivity index (χ3v) is 12.3. The highest BCUT2D eigenvalue weighted by atomic mass is 16.3. The van der Waals surface area contributed by atoms with Gasteiger partial charge in [-0.25, -0.2) is 0 Å². The number of benzene rings is 10. The van der Waals surface area contributed by atoms with E-state index in [0.717, 1.165) is 121 Å². The number of hydrogen-bond donors (Lipinski definition) is 0. The predicted molar refractivity (Wildman–Crippen MR) is 249 cm³/mol. The van der Waals surface area contributed by atoms with Crippen LogP contribution in [0.4, 0.5) is 17.1 Å². The van der Waals surface area contributed by atoms with Gasteiger partial charge in [0, 0.05) is 49.1 Å². The van der Waals surface area contributed by atoms with Gasteiger partial charge in [-0.15, -0.1) is 0 Å². The first-order valence-electron chi connectivity index (χ1n) is 20.3. The van der Waals surface area contributed by atoms with Crippen LogP contribution in [0.1, 0.15) is 0 Å². The Labute approximate surface area is 343 Å². The maximum Gasteiger partial charge on any atom is 0.143 e. The molecule has 0 spiro atoms. The summed E-state index contributed by atoms with van der Waals surface area (Å²) in [4.78, 5) is 2.36. The monoisotopic (exact) mass is 767 g/mol. The zero-order valence-electron chi connectivity index (χ0n) is 32.2. The van der Waals surface area contributed by atoms with Gasteiger partial charge in [0.25, 0.3) is 0 Å². The number of furan rings is 3. The van der Waals surface area contributed by atoms with Crippen molar-refractivity contribution in [2.45, 2.75) is 0 Å². The van der Waals surface area contributed by atoms with Gasteiger partial charge in [0.2, 0.25) is 0 Å². The lowest BCUT2D eigenvalue weighted by Gasteiger charge is -2.26. The van der Waals surface area contributed by atoms with Gasteiger partial charge >= 0.3 is 0 Å². The standard InChI is InChI=1S/C56H33NO3/c1-3-12-42-34(10-1)26-32-45-53-41(16-8-20-50(53)59-55(42)45)37-24-30-39(31-25-37)57(47-17-9-21-51-54(47)46-33-27-35-11-2-4-13-43(35)56(46)60-51)38-28-22-36(23-29-38)40-15-7-19-49-52(40)44-14-5-6-18-48(44)58-49/h1-33H. The van der Waals surface area contributed by atoms with Crippen LogP contribution in [-0.2, 0) is 0 Å². The minimum absolute atomic E-state index is 0.849. The smallest absolute Gasteiger partial charge is 0.143 e. The largest absolute Gasteiger partial charge is 0.456 e. The first kappa shape index (κ1) is 32.9. The molecular weight excluding hydrogens is 735 g/mol. The molecule has 13 aromatic rings. The molecule has 4 nitrogen and oxygen atoms in total. The molecule has 0 fully saturated rings. The molecule has 10 aromatic carbocycles. The maximum absolute atomic E-state index is 6.70. The van der Waals surface area contributed by atoms with E-state index in [0.29, 0.717) is 0 Å². The molecule has 0 unspecified atom stereocenters. The fourth-order valence-corrected chi connectivity index (χ4v) is 9.54. The van der Waals surface area contributed by atoms with Gasteiger partial charge in [-0.05, 0) is 99.8 Å². The van der Waals surface area contributed by atoms with Crippen molar-refractivity contribution in [2.75, 3.05) is 4.90 Å². The van der Waals surface area contributed by atoms with E-state index in [2.05, 4.69) is 193 Å². The quantitative estimate of drug-likeness (QED) is 0.175. The summed E-state index contributed by atoms with van der Waals surface area (Å²) in [5.41, 5.74) is 13.0. The van der Waals surface area contributed by atoms with Crippen LogP contribution in [0.25, 0.3) is 110 Å². The van der Waals surface area contributed by atoms with Gasteiger partial charge in [-0.3, -0.25) is 0 Å². The number of anilines is 3. The molecule has 0 atom stereocenters. The average molecular weight is 768 g/mol. The Morgan fingerprint density at radius 3 is 1.33 bits per heavy atom. The average Bonchev–Trinajstić information content (AvgIpc) is 4.02. The molecule has 4 heteroatoms. The summed E-state index contributed by atoms with van der Waals surface area (Å²) in [6, 6.07) is 70.8. The van der Waals surface area contributed by atoms with Crippen LogP contribution >= 0.6 is 0 Å². The van der Waals surface area contributed by atoms with Gasteiger partial charge in [-0.2, -0.15) is 0 Å². The topological polar surface area (TPSA) is 42.7 Å². The summed E-state index contributed by atoms with van der Waals surface area (Å²) in [6.07, 6.45) is 0. The number of fused-ring (bicyclic) bond motifs is 13. The molecule has 0 aliphatic carbocycles. The molecule has 280 valence electrons. The molecule has 0 radical (unpaired) electrons. The Bertz CT molecular complexity index is 3830. The normalized spacial score (nSPS) is 12.0. The molecule has 0 saturated heterocycles. The van der Waals surface area contributed by atoms with Crippen LogP contribution < -0.4 is 4.90 Å². The SMILES string of the molecule is c1ccc2c(c1)ccc1c2oc2cccc(-c3ccc(N(c4ccc(-c5cccc6oc7ccccc7c56)cc4)c4cccc5oc6c7ccccc7ccc6c45)cc3)c21. The highest BCUT2D eigenvalue weighted by molar-refractivity contribution is 6.21. The Morgan fingerprint density at radius 1 is 0.283 bits per heavy atom. The Kier molecular flexibility index (Phi) is 6.98. The van der Waals surface area contributed by atoms with Crippen molar-refractivity contribution in [1.29, 1.82) is 0 Å². The number of nitrogens with zero attached hydrogens (tertiary/aromatic N) is 1. The maximum atomic E-state index is 6.70. The summed E-state index contributed by atoms with van der Waals surface area (Å²) in [7, 11) is 0. The highest BCUT2D eigenvalue weighted by Gasteiger charge is 2.22. The van der Waals surface area contributed by atoms with E-state index < -0.39 is 0 Å². The fourth-order valence-electron chi connectivity index (χ4n) is 9.54. The third-order valence-electron chi connectivity index (χ3n) is 12.3. The second-order valence-electron chi connectivity index (χ2n) is 15.6. The Balaban J connectivity index is 0.989. The number of hydrogen-bond acceptors (Lipinski definition) is 4. The lowest BCUT2D eigenvalue weighted by molar-refractivity contribution is 0.669. The van der Waals surface area contributed by atoms with Gasteiger partial charge < -0.3 is 18.2 Å². The van der Waals surface area contributed by atoms with Crippen molar-refractivity contribution in [3.05, 3.63) is 200 Å². The van der Waals surface area contributed by atoms with Gasteiger partial charge in [0.15, 0.2) is 0 Å². The lowest BCUT2D eigenvalue weighted by atomic mass is 9.97. The van der Waals surface area contributed by atoms with E-state index in [1.165, 1.54) is 5.39 Å². The molecule has 0 amide bonds. The summed E-state index contributed by atoms with van der Waals surface area (Å²) in [6.45, 7) is 0. The second kappa shape index (κ2) is 12.7. The minimum atomic E-state index is 0.849. The van der Waals surface area contributed by atoms with E-state index >= 15 is 0 Å². The molecule has 3 heterocycles. The van der Waals surface area contributed by atoms with E-state index in [4.69, 9.17) is 13.3 Å². The van der Waals surface area contributed by atoms with Crippen LogP contribution in [0.5, 0.6) is 0 Å². The fraction of sp³-hybridized carbons (Fsp3) is 0. The van der Waals surface area contributed by atoms with Crippen molar-refractivity contribution in [1.82, 2.24) is 0 Å². The van der Waals surface area contributed by atoms with Gasteiger partial charge in [0.05, 0.1) is 11.1 Å². The summed E-state index contributed by atoms with van der Waals surface area (Å²) in [5.74, 6) is 0. The Morgan fingerprint density at radius 2 is 0.733 bits per heavy atom. The van der Waals surface area contributed by atoms with E-state index in [1.807, 2.05) is 12.1 Å². The molecule has 0 aliphatic heterocycles. The molecule has 0 aliphatic rings. The number of rotatable bonds is 5. The molecular formula is C56H33NO3. The lowest BCUT2D eigenvalue weighted by Crippen LogP contribution is -2.10. The molecule has 3 aromatic heterocycles. The zero-order valence-corrected chi connectivity index (χ0v) is 32.2. The van der Waals surface area contributed by atoms with Gasteiger partial charge in [0.1, 0.15) is 33.5 Å². The van der Waals surface area contributed by atoms with Gasteiger partial charge in [-0.1, -0.05) is 133 Å². The van der Waals surface area contributed by atoms with Crippen LogP contribution in [0.3, 0.4) is 0 Å². The number of para-hydroxylation sites is 1. The highest BCUT2D eigenvalue weighted by Crippen LogP contribution is 2.46. The van der Waals surface area contributed by atoms with Crippen molar-refractivity contribution in [3.8, 4) is 22.3 Å². The van der Waals surface area contributed by atoms with E-state index in [1.54, 1.807) is 0 Å². The van der Waals surface area contributed by atoms with Crippen molar-refractivity contribution in [3.63, 3.8) is 0 Å². The van der Waals surface area contributed by atoms with E-state index in [-0.39, 0.29) is 0 Å². The zero-order chi connectivity index (χ0) is 39.3. The molecule has 13 rings (SSSR count). The Hall–Kier alpha value is -8.08. The molecule has 0 bridgehead atoms. The van der Waals surface area contributed by atoms with Crippen LogP contribution in [-0.4, -0.2) is 0 Å². The first-order valence-corrected chi connectivity index (χ1v) is 20.3. The third kappa shape index (κ3) is 4.85. The summed E-state index contributed by atoms with van der Waals surface area (Å²) >= 11 is 0. The van der Waals surface area contributed by atoms with Crippen LogP contribution in [0, 0.1) is 0 Å². The first-order chi connectivity index (χ1) is 29.7. The van der Waals surface area contributed by atoms with Crippen molar-refractivity contribution < 1.29 is 13.3 Å². The molecule has 0 saturated carbocycles. The molecule has 0 N–H and O–H groups in total. The van der Waals surface area contributed by atoms with Crippen molar-refractivity contribution in [2.24, 2.45) is 0 Å². The van der Waals surface area contributed by atoms with Crippen LogP contribution in [0.2, 0.25) is 0 Å². The van der Waals surface area contributed by atoms with E-state index in [9.17, 15) is 0 Å². The van der Waals surface area contributed by atoms with Crippen molar-refractivity contribution >= 4 is 104 Å². The summed E-state index contributed by atoms with van der Waals surface area (Å²) in [5, 5.41) is 11.2.